The van der Waals surface area contributed by atoms with E-state index < -0.39 is 5.97 Å². The second kappa shape index (κ2) is 7.41. The van der Waals surface area contributed by atoms with Crippen molar-refractivity contribution in [3.63, 3.8) is 0 Å². The maximum atomic E-state index is 11.4. The molecule has 5 heteroatoms. The van der Waals surface area contributed by atoms with E-state index in [0.717, 1.165) is 33.5 Å². The van der Waals surface area contributed by atoms with Crippen LogP contribution < -0.4 is 4.74 Å². The van der Waals surface area contributed by atoms with Crippen molar-refractivity contribution in [3.8, 4) is 17.0 Å². The smallest absolute Gasteiger partial charge is 0.337 e. The minimum atomic E-state index is -1.03. The number of carboxylic acids is 1. The van der Waals surface area contributed by atoms with Crippen molar-refractivity contribution in [2.24, 2.45) is 0 Å². The number of halogens is 1. The summed E-state index contributed by atoms with van der Waals surface area (Å²) in [7, 11) is 1.65. The van der Waals surface area contributed by atoms with Crippen LogP contribution in [0, 0.1) is 0 Å². The standard InChI is InChI=1S/C23H18ClNO3/c1-28-18-10-11-20-17(12-18)13-21(15-6-3-2-4-7-15)25(20)14-16-8-5-9-19(22(16)24)23(26)27/h2-13H,14H2,1H3,(H,26,27). The summed E-state index contributed by atoms with van der Waals surface area (Å²) in [6.07, 6.45) is 0. The number of benzene rings is 3. The van der Waals surface area contributed by atoms with Crippen LogP contribution >= 0.6 is 11.6 Å². The Hall–Kier alpha value is -3.24. The Kier molecular flexibility index (Phi) is 4.80. The maximum Gasteiger partial charge on any atom is 0.337 e. The van der Waals surface area contributed by atoms with Crippen LogP contribution in [0.3, 0.4) is 0 Å². The van der Waals surface area contributed by atoms with Crippen molar-refractivity contribution in [2.45, 2.75) is 6.54 Å². The van der Waals surface area contributed by atoms with E-state index in [-0.39, 0.29) is 10.6 Å². The molecule has 1 aromatic heterocycles. The molecule has 0 aliphatic rings. The zero-order chi connectivity index (χ0) is 19.7. The van der Waals surface area contributed by atoms with E-state index in [1.54, 1.807) is 13.2 Å². The van der Waals surface area contributed by atoms with Crippen LogP contribution in [0.25, 0.3) is 22.2 Å². The molecule has 0 saturated carbocycles. The number of hydrogen-bond acceptors (Lipinski definition) is 2. The quantitative estimate of drug-likeness (QED) is 0.473. The van der Waals surface area contributed by atoms with Crippen LogP contribution in [-0.4, -0.2) is 22.8 Å². The minimum Gasteiger partial charge on any atom is -0.497 e. The fourth-order valence-electron chi connectivity index (χ4n) is 3.43. The van der Waals surface area contributed by atoms with Gasteiger partial charge in [-0.3, -0.25) is 0 Å². The van der Waals surface area contributed by atoms with Gasteiger partial charge < -0.3 is 14.4 Å². The van der Waals surface area contributed by atoms with Crippen molar-refractivity contribution in [3.05, 3.63) is 88.9 Å². The van der Waals surface area contributed by atoms with E-state index >= 15 is 0 Å². The average Bonchev–Trinajstić information content (AvgIpc) is 3.07. The lowest BCUT2D eigenvalue weighted by molar-refractivity contribution is 0.0697. The van der Waals surface area contributed by atoms with Crippen molar-refractivity contribution in [1.82, 2.24) is 4.57 Å². The van der Waals surface area contributed by atoms with Crippen LogP contribution in [0.2, 0.25) is 5.02 Å². The van der Waals surface area contributed by atoms with Gasteiger partial charge in [-0.05, 0) is 41.5 Å². The van der Waals surface area contributed by atoms with E-state index in [0.29, 0.717) is 6.54 Å². The van der Waals surface area contributed by atoms with E-state index in [2.05, 4.69) is 22.8 Å². The molecule has 0 atom stereocenters. The highest BCUT2D eigenvalue weighted by Crippen LogP contribution is 2.32. The number of carboxylic acid groups (broad SMARTS) is 1. The molecule has 0 saturated heterocycles. The van der Waals surface area contributed by atoms with Gasteiger partial charge in [-0.15, -0.1) is 0 Å². The molecular weight excluding hydrogens is 374 g/mol. The molecule has 3 aromatic carbocycles. The van der Waals surface area contributed by atoms with Gasteiger partial charge in [0, 0.05) is 23.1 Å². The summed E-state index contributed by atoms with van der Waals surface area (Å²) in [5.74, 6) is -0.243. The summed E-state index contributed by atoms with van der Waals surface area (Å²) in [4.78, 5) is 11.4. The lowest BCUT2D eigenvalue weighted by Gasteiger charge is -2.14. The van der Waals surface area contributed by atoms with Gasteiger partial charge >= 0.3 is 5.97 Å². The molecule has 0 radical (unpaired) electrons. The number of methoxy groups -OCH3 is 1. The van der Waals surface area contributed by atoms with Crippen LogP contribution in [0.4, 0.5) is 0 Å². The number of rotatable bonds is 5. The monoisotopic (exact) mass is 391 g/mol. The highest BCUT2D eigenvalue weighted by molar-refractivity contribution is 6.34. The van der Waals surface area contributed by atoms with E-state index in [1.807, 2.05) is 42.5 Å². The molecule has 0 aliphatic heterocycles. The van der Waals surface area contributed by atoms with Crippen LogP contribution in [0.5, 0.6) is 5.75 Å². The van der Waals surface area contributed by atoms with Crippen molar-refractivity contribution < 1.29 is 14.6 Å². The predicted octanol–water partition coefficient (Wildman–Crippen LogP) is 5.72. The van der Waals surface area contributed by atoms with Gasteiger partial charge in [0.2, 0.25) is 0 Å². The molecule has 0 aliphatic carbocycles. The van der Waals surface area contributed by atoms with Gasteiger partial charge in [-0.2, -0.15) is 0 Å². The molecule has 28 heavy (non-hydrogen) atoms. The maximum absolute atomic E-state index is 11.4. The summed E-state index contributed by atoms with van der Waals surface area (Å²) in [5.41, 5.74) is 3.99. The fourth-order valence-corrected chi connectivity index (χ4v) is 3.70. The van der Waals surface area contributed by atoms with E-state index in [9.17, 15) is 9.90 Å². The number of nitrogens with zero attached hydrogens (tertiary/aromatic N) is 1. The summed E-state index contributed by atoms with van der Waals surface area (Å²) in [6.45, 7) is 0.458. The highest BCUT2D eigenvalue weighted by Gasteiger charge is 2.16. The highest BCUT2D eigenvalue weighted by atomic mass is 35.5. The topological polar surface area (TPSA) is 51.5 Å². The molecule has 0 bridgehead atoms. The van der Waals surface area contributed by atoms with Crippen molar-refractivity contribution in [1.29, 1.82) is 0 Å². The van der Waals surface area contributed by atoms with Gasteiger partial charge in [0.1, 0.15) is 5.75 Å². The third kappa shape index (κ3) is 3.23. The van der Waals surface area contributed by atoms with Crippen molar-refractivity contribution in [2.75, 3.05) is 7.11 Å². The Morgan fingerprint density at radius 1 is 1.04 bits per heavy atom. The second-order valence-electron chi connectivity index (χ2n) is 6.49. The summed E-state index contributed by atoms with van der Waals surface area (Å²) in [5, 5.41) is 10.7. The number of fused-ring (bicyclic) bond motifs is 1. The average molecular weight is 392 g/mol. The SMILES string of the molecule is COc1ccc2c(c1)cc(-c1ccccc1)n2Cc1cccc(C(=O)O)c1Cl. The number of hydrogen-bond donors (Lipinski definition) is 1. The molecular formula is C23H18ClNO3. The molecule has 4 aromatic rings. The molecule has 0 amide bonds. The number of aromatic carboxylic acids is 1. The Morgan fingerprint density at radius 3 is 2.54 bits per heavy atom. The minimum absolute atomic E-state index is 0.110. The van der Waals surface area contributed by atoms with Crippen LogP contribution in [0.15, 0.2) is 72.8 Å². The molecule has 140 valence electrons. The molecule has 1 heterocycles. The van der Waals surface area contributed by atoms with Gasteiger partial charge in [0.15, 0.2) is 0 Å². The molecule has 0 unspecified atom stereocenters. The largest absolute Gasteiger partial charge is 0.497 e. The predicted molar refractivity (Wildman–Crippen MR) is 111 cm³/mol. The Bertz CT molecular complexity index is 1170. The first-order valence-electron chi connectivity index (χ1n) is 8.82. The lowest BCUT2D eigenvalue weighted by atomic mass is 10.1. The van der Waals surface area contributed by atoms with Gasteiger partial charge in [0.25, 0.3) is 0 Å². The number of carbonyl (C=O) groups is 1. The molecule has 4 rings (SSSR count). The Labute approximate surface area is 167 Å². The van der Waals surface area contributed by atoms with E-state index in [1.165, 1.54) is 6.07 Å². The zero-order valence-corrected chi connectivity index (χ0v) is 16.0. The van der Waals surface area contributed by atoms with Gasteiger partial charge in [0.05, 0.1) is 17.7 Å². The van der Waals surface area contributed by atoms with Crippen LogP contribution in [-0.2, 0) is 6.54 Å². The Morgan fingerprint density at radius 2 is 1.82 bits per heavy atom. The van der Waals surface area contributed by atoms with Crippen LogP contribution in [0.1, 0.15) is 15.9 Å². The fraction of sp³-hybridized carbons (Fsp3) is 0.0870. The molecule has 0 spiro atoms. The van der Waals surface area contributed by atoms with E-state index in [4.69, 9.17) is 16.3 Å². The summed E-state index contributed by atoms with van der Waals surface area (Å²) in [6, 6.07) is 23.2. The third-order valence-corrected chi connectivity index (χ3v) is 5.26. The lowest BCUT2D eigenvalue weighted by Crippen LogP contribution is -2.05. The molecule has 1 N–H and O–H groups in total. The normalized spacial score (nSPS) is 10.9. The summed E-state index contributed by atoms with van der Waals surface area (Å²) >= 11 is 6.40. The Balaban J connectivity index is 1.90. The van der Waals surface area contributed by atoms with Crippen molar-refractivity contribution >= 4 is 28.5 Å². The first-order chi connectivity index (χ1) is 13.6. The zero-order valence-electron chi connectivity index (χ0n) is 15.2. The molecule has 0 fully saturated rings. The summed E-state index contributed by atoms with van der Waals surface area (Å²) < 4.78 is 7.51. The van der Waals surface area contributed by atoms with Gasteiger partial charge in [-0.25, -0.2) is 4.79 Å². The number of aromatic nitrogens is 1. The first kappa shape index (κ1) is 18.1. The van der Waals surface area contributed by atoms with Gasteiger partial charge in [-0.1, -0.05) is 54.1 Å². The molecule has 4 nitrogen and oxygen atoms in total. The number of ether oxygens (including phenoxy) is 1. The first-order valence-corrected chi connectivity index (χ1v) is 9.19. The second-order valence-corrected chi connectivity index (χ2v) is 6.87. The third-order valence-electron chi connectivity index (χ3n) is 4.82.